The van der Waals surface area contributed by atoms with Crippen molar-refractivity contribution in [2.45, 2.75) is 0 Å². The molecule has 2 N–H and O–H groups in total. The number of anilines is 1. The number of halogens is 1. The molecule has 0 aliphatic rings. The number of ether oxygens (including phenoxy) is 1. The molecule has 5 nitrogen and oxygen atoms in total. The number of rotatable bonds is 2. The second-order valence-corrected chi connectivity index (χ2v) is 4.21. The zero-order chi connectivity index (χ0) is 13.3. The second-order valence-electron chi connectivity index (χ2n) is 3.78. The lowest BCUT2D eigenvalue weighted by atomic mass is 10.1. The van der Waals surface area contributed by atoms with Crippen LogP contribution in [-0.4, -0.2) is 22.6 Å². The van der Waals surface area contributed by atoms with Gasteiger partial charge < -0.3 is 15.0 Å². The quantitative estimate of drug-likeness (QED) is 0.667. The fourth-order valence-corrected chi connectivity index (χ4v) is 1.92. The molecule has 0 amide bonds. The lowest BCUT2D eigenvalue weighted by Crippen LogP contribution is -2.06. The van der Waals surface area contributed by atoms with Gasteiger partial charge in [-0.1, -0.05) is 11.6 Å². The lowest BCUT2D eigenvalue weighted by molar-refractivity contribution is 0.0595. The van der Waals surface area contributed by atoms with E-state index in [2.05, 4.69) is 4.98 Å². The topological polar surface area (TPSA) is 70.1 Å². The Labute approximate surface area is 109 Å². The van der Waals surface area contributed by atoms with E-state index in [4.69, 9.17) is 22.1 Å². The van der Waals surface area contributed by atoms with Gasteiger partial charge in [0.05, 0.1) is 19.1 Å². The van der Waals surface area contributed by atoms with Crippen molar-refractivity contribution < 1.29 is 9.53 Å². The molecule has 0 saturated heterocycles. The number of aromatic nitrogens is 2. The molecule has 6 heteroatoms. The number of nitrogens with zero attached hydrogens (tertiary/aromatic N) is 2. The van der Waals surface area contributed by atoms with Crippen molar-refractivity contribution in [3.8, 4) is 11.3 Å². The largest absolute Gasteiger partial charge is 0.464 e. The third-order valence-electron chi connectivity index (χ3n) is 2.58. The van der Waals surface area contributed by atoms with Crippen molar-refractivity contribution >= 4 is 23.3 Å². The minimum absolute atomic E-state index is 0.231. The number of aryl methyl sites for hydroxylation is 1. The summed E-state index contributed by atoms with van der Waals surface area (Å²) in [5.74, 6) is -0.500. The van der Waals surface area contributed by atoms with Crippen LogP contribution in [0.4, 0.5) is 5.69 Å². The number of nitrogen functional groups attached to an aromatic ring is 1. The molecule has 0 atom stereocenters. The number of hydrogen-bond donors (Lipinski definition) is 1. The van der Waals surface area contributed by atoms with Gasteiger partial charge in [-0.2, -0.15) is 0 Å². The minimum Gasteiger partial charge on any atom is -0.464 e. The van der Waals surface area contributed by atoms with Crippen LogP contribution < -0.4 is 5.73 Å². The number of esters is 1. The highest BCUT2D eigenvalue weighted by atomic mass is 35.5. The smallest absolute Gasteiger partial charge is 0.358 e. The van der Waals surface area contributed by atoms with Crippen LogP contribution in [0.25, 0.3) is 11.3 Å². The van der Waals surface area contributed by atoms with Gasteiger partial charge >= 0.3 is 5.97 Å². The Hall–Kier alpha value is -2.01. The minimum atomic E-state index is -0.500. The molecule has 0 aliphatic carbocycles. The van der Waals surface area contributed by atoms with Crippen LogP contribution in [0, 0.1) is 0 Å². The van der Waals surface area contributed by atoms with Gasteiger partial charge in [0.15, 0.2) is 5.69 Å². The van der Waals surface area contributed by atoms with Gasteiger partial charge in [0.25, 0.3) is 0 Å². The monoisotopic (exact) mass is 265 g/mol. The van der Waals surface area contributed by atoms with E-state index >= 15 is 0 Å². The number of imidazole rings is 1. The summed E-state index contributed by atoms with van der Waals surface area (Å²) in [4.78, 5) is 15.7. The summed E-state index contributed by atoms with van der Waals surface area (Å²) >= 11 is 5.85. The highest BCUT2D eigenvalue weighted by molar-refractivity contribution is 6.31. The SMILES string of the molecule is COC(=O)c1ncn(C)c1-c1ccc(Cl)cc1N. The zero-order valence-corrected chi connectivity index (χ0v) is 10.7. The Balaban J connectivity index is 2.63. The number of methoxy groups -OCH3 is 1. The van der Waals surface area contributed by atoms with Gasteiger partial charge in [0.1, 0.15) is 0 Å². The van der Waals surface area contributed by atoms with Crippen LogP contribution in [0.5, 0.6) is 0 Å². The summed E-state index contributed by atoms with van der Waals surface area (Å²) in [7, 11) is 3.09. The van der Waals surface area contributed by atoms with Gasteiger partial charge in [-0.05, 0) is 18.2 Å². The van der Waals surface area contributed by atoms with Gasteiger partial charge in [0.2, 0.25) is 0 Å². The van der Waals surface area contributed by atoms with Crippen LogP contribution in [0.15, 0.2) is 24.5 Å². The van der Waals surface area contributed by atoms with Gasteiger partial charge in [-0.3, -0.25) is 0 Å². The van der Waals surface area contributed by atoms with Crippen molar-refractivity contribution in [3.63, 3.8) is 0 Å². The average molecular weight is 266 g/mol. The first-order valence-corrected chi connectivity index (χ1v) is 5.57. The molecule has 0 bridgehead atoms. The molecular weight excluding hydrogens is 254 g/mol. The molecule has 0 aliphatic heterocycles. The maximum Gasteiger partial charge on any atom is 0.358 e. The summed E-state index contributed by atoms with van der Waals surface area (Å²) < 4.78 is 6.41. The third kappa shape index (κ3) is 2.04. The van der Waals surface area contributed by atoms with E-state index in [1.807, 2.05) is 0 Å². The fourth-order valence-electron chi connectivity index (χ4n) is 1.74. The molecule has 1 aromatic heterocycles. The van der Waals surface area contributed by atoms with Crippen LogP contribution in [-0.2, 0) is 11.8 Å². The van der Waals surface area contributed by atoms with E-state index in [1.165, 1.54) is 13.4 Å². The summed E-state index contributed by atoms with van der Waals surface area (Å²) in [5, 5.41) is 0.540. The maximum absolute atomic E-state index is 11.6. The fraction of sp³-hybridized carbons (Fsp3) is 0.167. The van der Waals surface area contributed by atoms with Crippen LogP contribution in [0.1, 0.15) is 10.5 Å². The van der Waals surface area contributed by atoms with Crippen molar-refractivity contribution in [2.75, 3.05) is 12.8 Å². The first-order chi connectivity index (χ1) is 8.54. The van der Waals surface area contributed by atoms with E-state index < -0.39 is 5.97 Å². The molecule has 94 valence electrons. The number of hydrogen-bond acceptors (Lipinski definition) is 4. The predicted molar refractivity (Wildman–Crippen MR) is 69.4 cm³/mol. The first-order valence-electron chi connectivity index (χ1n) is 5.19. The van der Waals surface area contributed by atoms with Gasteiger partial charge in [-0.25, -0.2) is 9.78 Å². The molecular formula is C12H12ClN3O2. The standard InChI is InChI=1S/C12H12ClN3O2/c1-16-6-15-10(12(17)18-2)11(16)8-4-3-7(13)5-9(8)14/h3-6H,14H2,1-2H3. The van der Waals surface area contributed by atoms with E-state index in [-0.39, 0.29) is 5.69 Å². The summed E-state index contributed by atoms with van der Waals surface area (Å²) in [5.41, 5.74) is 7.93. The van der Waals surface area contributed by atoms with Gasteiger partial charge in [0, 0.05) is 23.3 Å². The Morgan fingerprint density at radius 2 is 2.22 bits per heavy atom. The zero-order valence-electron chi connectivity index (χ0n) is 9.98. The molecule has 0 saturated carbocycles. The predicted octanol–water partition coefficient (Wildman–Crippen LogP) is 2.11. The molecule has 0 unspecified atom stereocenters. The number of nitrogens with two attached hydrogens (primary N) is 1. The molecule has 2 aromatic rings. The Bertz CT molecular complexity index is 607. The van der Waals surface area contributed by atoms with Crippen LogP contribution >= 0.6 is 11.6 Å². The second kappa shape index (κ2) is 4.70. The highest BCUT2D eigenvalue weighted by Gasteiger charge is 2.20. The average Bonchev–Trinajstić information content (AvgIpc) is 2.70. The Morgan fingerprint density at radius 3 is 2.83 bits per heavy atom. The van der Waals surface area contributed by atoms with Crippen molar-refractivity contribution in [1.82, 2.24) is 9.55 Å². The normalized spacial score (nSPS) is 10.4. The molecule has 1 aromatic carbocycles. The number of benzene rings is 1. The molecule has 1 heterocycles. The van der Waals surface area contributed by atoms with Crippen molar-refractivity contribution in [1.29, 1.82) is 0 Å². The van der Waals surface area contributed by atoms with Crippen LogP contribution in [0.3, 0.4) is 0 Å². The third-order valence-corrected chi connectivity index (χ3v) is 2.82. The lowest BCUT2D eigenvalue weighted by Gasteiger charge is -2.08. The molecule has 2 rings (SSSR count). The summed E-state index contributed by atoms with van der Waals surface area (Å²) in [6.07, 6.45) is 1.54. The Kier molecular flexibility index (Phi) is 3.25. The summed E-state index contributed by atoms with van der Waals surface area (Å²) in [6, 6.07) is 5.09. The van der Waals surface area contributed by atoms with Crippen LogP contribution in [0.2, 0.25) is 5.02 Å². The van der Waals surface area contributed by atoms with E-state index in [0.29, 0.717) is 22.0 Å². The molecule has 0 fully saturated rings. The molecule has 18 heavy (non-hydrogen) atoms. The number of carbonyl (C=O) groups excluding carboxylic acids is 1. The number of carbonyl (C=O) groups is 1. The maximum atomic E-state index is 11.6. The van der Waals surface area contributed by atoms with E-state index in [1.54, 1.807) is 29.8 Å². The summed E-state index contributed by atoms with van der Waals surface area (Å²) in [6.45, 7) is 0. The Morgan fingerprint density at radius 1 is 1.50 bits per heavy atom. The molecule has 0 spiro atoms. The first kappa shape index (κ1) is 12.4. The highest BCUT2D eigenvalue weighted by Crippen LogP contribution is 2.30. The van der Waals surface area contributed by atoms with E-state index in [9.17, 15) is 4.79 Å². The molecule has 0 radical (unpaired) electrons. The van der Waals surface area contributed by atoms with E-state index in [0.717, 1.165) is 0 Å². The van der Waals surface area contributed by atoms with Crippen molar-refractivity contribution in [2.24, 2.45) is 7.05 Å². The van der Waals surface area contributed by atoms with Crippen molar-refractivity contribution in [3.05, 3.63) is 35.2 Å². The van der Waals surface area contributed by atoms with Gasteiger partial charge in [-0.15, -0.1) is 0 Å².